The number of nitrogens with zero attached hydrogens (tertiary/aromatic N) is 1. The molecule has 0 aliphatic carbocycles. The predicted molar refractivity (Wildman–Crippen MR) is 75.9 cm³/mol. The van der Waals surface area contributed by atoms with Crippen LogP contribution in [-0.4, -0.2) is 30.8 Å². The minimum Gasteiger partial charge on any atom is -0.391 e. The van der Waals surface area contributed by atoms with E-state index in [0.717, 1.165) is 25.1 Å². The Hall–Kier alpha value is -1.13. The number of β-amino-alcohol motifs (C(OH)–C–C–N with tert-alkyl or cyclic N) is 1. The second-order valence-electron chi connectivity index (χ2n) is 5.24. The molecule has 4 heteroatoms. The van der Waals surface area contributed by atoms with Gasteiger partial charge in [-0.25, -0.2) is 4.39 Å². The number of halogens is 1. The SMILES string of the molecule is CCCNC(C)c1cccc(F)c1N1CCC(O)C1. The van der Waals surface area contributed by atoms with Crippen LogP contribution in [0.2, 0.25) is 0 Å². The Bertz CT molecular complexity index is 425. The Labute approximate surface area is 114 Å². The molecule has 2 N–H and O–H groups in total. The van der Waals surface area contributed by atoms with E-state index in [-0.39, 0.29) is 18.0 Å². The lowest BCUT2D eigenvalue weighted by atomic mass is 10.0. The zero-order valence-corrected chi connectivity index (χ0v) is 11.7. The van der Waals surface area contributed by atoms with Crippen LogP contribution in [0.4, 0.5) is 10.1 Å². The van der Waals surface area contributed by atoms with Crippen LogP contribution in [0.3, 0.4) is 0 Å². The Morgan fingerprint density at radius 1 is 1.53 bits per heavy atom. The topological polar surface area (TPSA) is 35.5 Å². The van der Waals surface area contributed by atoms with E-state index in [4.69, 9.17) is 0 Å². The summed E-state index contributed by atoms with van der Waals surface area (Å²) in [4.78, 5) is 1.96. The van der Waals surface area contributed by atoms with Gasteiger partial charge in [0.2, 0.25) is 0 Å². The molecule has 1 aliphatic heterocycles. The van der Waals surface area contributed by atoms with Gasteiger partial charge in [-0.05, 0) is 37.9 Å². The molecule has 2 unspecified atom stereocenters. The zero-order valence-electron chi connectivity index (χ0n) is 11.7. The summed E-state index contributed by atoms with van der Waals surface area (Å²) in [5.41, 5.74) is 1.62. The number of anilines is 1. The largest absolute Gasteiger partial charge is 0.391 e. The van der Waals surface area contributed by atoms with Gasteiger partial charge in [-0.15, -0.1) is 0 Å². The van der Waals surface area contributed by atoms with Crippen molar-refractivity contribution in [3.63, 3.8) is 0 Å². The monoisotopic (exact) mass is 266 g/mol. The van der Waals surface area contributed by atoms with Crippen molar-refractivity contribution in [3.05, 3.63) is 29.6 Å². The molecule has 1 aromatic rings. The summed E-state index contributed by atoms with van der Waals surface area (Å²) in [5.74, 6) is -0.197. The fourth-order valence-electron chi connectivity index (χ4n) is 2.63. The van der Waals surface area contributed by atoms with Crippen molar-refractivity contribution >= 4 is 5.69 Å². The van der Waals surface area contributed by atoms with Crippen molar-refractivity contribution < 1.29 is 9.50 Å². The Kier molecular flexibility index (Phi) is 4.77. The summed E-state index contributed by atoms with van der Waals surface area (Å²) in [7, 11) is 0. The maximum Gasteiger partial charge on any atom is 0.146 e. The van der Waals surface area contributed by atoms with Gasteiger partial charge < -0.3 is 15.3 Å². The van der Waals surface area contributed by atoms with E-state index in [9.17, 15) is 9.50 Å². The fourth-order valence-corrected chi connectivity index (χ4v) is 2.63. The number of aliphatic hydroxyl groups excluding tert-OH is 1. The highest BCUT2D eigenvalue weighted by atomic mass is 19.1. The van der Waals surface area contributed by atoms with Crippen LogP contribution >= 0.6 is 0 Å². The first-order valence-electron chi connectivity index (χ1n) is 7.08. The van der Waals surface area contributed by atoms with E-state index < -0.39 is 0 Å². The molecule has 0 radical (unpaired) electrons. The van der Waals surface area contributed by atoms with E-state index in [1.54, 1.807) is 6.07 Å². The minimum absolute atomic E-state index is 0.114. The van der Waals surface area contributed by atoms with Gasteiger partial charge in [0.15, 0.2) is 0 Å². The molecule has 1 fully saturated rings. The molecule has 0 aromatic heterocycles. The highest BCUT2D eigenvalue weighted by molar-refractivity contribution is 5.57. The molecule has 0 spiro atoms. The van der Waals surface area contributed by atoms with E-state index in [1.807, 2.05) is 11.0 Å². The Morgan fingerprint density at radius 2 is 2.32 bits per heavy atom. The van der Waals surface area contributed by atoms with Gasteiger partial charge in [0.05, 0.1) is 11.8 Å². The molecule has 2 rings (SSSR count). The van der Waals surface area contributed by atoms with Gasteiger partial charge in [-0.3, -0.25) is 0 Å². The van der Waals surface area contributed by atoms with Crippen LogP contribution in [0.15, 0.2) is 18.2 Å². The number of benzene rings is 1. The number of para-hydroxylation sites is 1. The molecule has 1 heterocycles. The molecule has 2 atom stereocenters. The first kappa shape index (κ1) is 14.3. The number of aliphatic hydroxyl groups is 1. The number of hydrogen-bond donors (Lipinski definition) is 2. The minimum atomic E-state index is -0.341. The summed E-state index contributed by atoms with van der Waals surface area (Å²) < 4.78 is 14.2. The van der Waals surface area contributed by atoms with Crippen LogP contribution in [0, 0.1) is 5.82 Å². The molecule has 0 amide bonds. The van der Waals surface area contributed by atoms with Gasteiger partial charge in [-0.1, -0.05) is 19.1 Å². The van der Waals surface area contributed by atoms with E-state index >= 15 is 0 Å². The van der Waals surface area contributed by atoms with Gasteiger partial charge in [0.1, 0.15) is 5.82 Å². The third kappa shape index (κ3) is 3.25. The lowest BCUT2D eigenvalue weighted by Crippen LogP contribution is -2.27. The third-order valence-corrected chi connectivity index (χ3v) is 3.66. The maximum atomic E-state index is 14.2. The predicted octanol–water partition coefficient (Wildman–Crippen LogP) is 2.46. The average Bonchev–Trinajstić information content (AvgIpc) is 2.82. The van der Waals surface area contributed by atoms with Crippen LogP contribution in [0.5, 0.6) is 0 Å². The number of hydrogen-bond acceptors (Lipinski definition) is 3. The van der Waals surface area contributed by atoms with Gasteiger partial charge in [0, 0.05) is 19.1 Å². The third-order valence-electron chi connectivity index (χ3n) is 3.66. The van der Waals surface area contributed by atoms with E-state index in [2.05, 4.69) is 19.2 Å². The quantitative estimate of drug-likeness (QED) is 0.859. The van der Waals surface area contributed by atoms with Crippen LogP contribution < -0.4 is 10.2 Å². The first-order valence-corrected chi connectivity index (χ1v) is 7.08. The van der Waals surface area contributed by atoms with Crippen molar-refractivity contribution in [2.24, 2.45) is 0 Å². The Morgan fingerprint density at radius 3 is 2.95 bits per heavy atom. The molecule has 3 nitrogen and oxygen atoms in total. The van der Waals surface area contributed by atoms with Gasteiger partial charge >= 0.3 is 0 Å². The summed E-state index contributed by atoms with van der Waals surface area (Å²) in [6.45, 7) is 6.33. The highest BCUT2D eigenvalue weighted by Crippen LogP contribution is 2.31. The van der Waals surface area contributed by atoms with Crippen molar-refractivity contribution in [1.82, 2.24) is 5.32 Å². The van der Waals surface area contributed by atoms with E-state index in [1.165, 1.54) is 6.07 Å². The molecular weight excluding hydrogens is 243 g/mol. The van der Waals surface area contributed by atoms with E-state index in [0.29, 0.717) is 18.7 Å². The highest BCUT2D eigenvalue weighted by Gasteiger charge is 2.26. The van der Waals surface area contributed by atoms with Crippen molar-refractivity contribution in [2.75, 3.05) is 24.5 Å². The van der Waals surface area contributed by atoms with Gasteiger partial charge in [-0.2, -0.15) is 0 Å². The lowest BCUT2D eigenvalue weighted by Gasteiger charge is -2.25. The summed E-state index contributed by atoms with van der Waals surface area (Å²) >= 11 is 0. The van der Waals surface area contributed by atoms with Crippen LogP contribution in [0.25, 0.3) is 0 Å². The first-order chi connectivity index (χ1) is 9.13. The maximum absolute atomic E-state index is 14.2. The molecule has 1 aliphatic rings. The molecular formula is C15H23FN2O. The summed E-state index contributed by atoms with van der Waals surface area (Å²) in [5, 5.41) is 13.0. The Balaban J connectivity index is 2.25. The smallest absolute Gasteiger partial charge is 0.146 e. The number of nitrogens with one attached hydrogen (secondary N) is 1. The average molecular weight is 266 g/mol. The number of rotatable bonds is 5. The summed E-state index contributed by atoms with van der Waals surface area (Å²) in [6.07, 6.45) is 1.42. The van der Waals surface area contributed by atoms with Crippen molar-refractivity contribution in [1.29, 1.82) is 0 Å². The van der Waals surface area contributed by atoms with Crippen LogP contribution in [-0.2, 0) is 0 Å². The van der Waals surface area contributed by atoms with Gasteiger partial charge in [0.25, 0.3) is 0 Å². The lowest BCUT2D eigenvalue weighted by molar-refractivity contribution is 0.198. The molecule has 1 aromatic carbocycles. The van der Waals surface area contributed by atoms with Crippen LogP contribution in [0.1, 0.15) is 38.3 Å². The fraction of sp³-hybridized carbons (Fsp3) is 0.600. The second kappa shape index (κ2) is 6.35. The zero-order chi connectivity index (χ0) is 13.8. The molecule has 0 bridgehead atoms. The molecule has 1 saturated heterocycles. The second-order valence-corrected chi connectivity index (χ2v) is 5.24. The molecule has 19 heavy (non-hydrogen) atoms. The molecule has 106 valence electrons. The van der Waals surface area contributed by atoms with Crippen molar-refractivity contribution in [2.45, 2.75) is 38.8 Å². The van der Waals surface area contributed by atoms with Crippen molar-refractivity contribution in [3.8, 4) is 0 Å². The standard InChI is InChI=1S/C15H23FN2O/c1-3-8-17-11(2)13-5-4-6-14(16)15(13)18-9-7-12(19)10-18/h4-6,11-12,17,19H,3,7-10H2,1-2H3. The molecule has 0 saturated carbocycles. The normalized spacial score (nSPS) is 20.8. The summed E-state index contributed by atoms with van der Waals surface area (Å²) in [6, 6.07) is 5.33.